The maximum atomic E-state index is 13.5. The Morgan fingerprint density at radius 1 is 1.25 bits per heavy atom. The van der Waals surface area contributed by atoms with E-state index in [1.165, 1.54) is 0 Å². The molecule has 170 valence electrons. The summed E-state index contributed by atoms with van der Waals surface area (Å²) < 4.78 is 11.2. The minimum atomic E-state index is -0.647. The number of carbonyl (C=O) groups excluding carboxylic acids is 2. The lowest BCUT2D eigenvalue weighted by molar-refractivity contribution is -0.118. The molecule has 2 aliphatic rings. The third kappa shape index (κ3) is 4.43. The molecule has 0 spiro atoms. The zero-order chi connectivity index (χ0) is 22.7. The number of nitrogens with one attached hydrogen (secondary N) is 2. The second kappa shape index (κ2) is 9.20. The highest BCUT2D eigenvalue weighted by molar-refractivity contribution is 6.05. The Morgan fingerprint density at radius 2 is 2.06 bits per heavy atom. The molecule has 2 N–H and O–H groups in total. The Balaban J connectivity index is 1.78. The predicted octanol–water partition coefficient (Wildman–Crippen LogP) is 5.03. The van der Waals surface area contributed by atoms with Gasteiger partial charge >= 0.3 is 6.03 Å². The van der Waals surface area contributed by atoms with Crippen LogP contribution >= 0.6 is 0 Å². The van der Waals surface area contributed by atoms with Crippen LogP contribution in [0.3, 0.4) is 0 Å². The SMILES string of the molecule is CCOCCCNC(=O)N1c2ccccc2NC2=C(C(=O)CC(C)(C)C2)C1c1ccco1. The van der Waals surface area contributed by atoms with Crippen molar-refractivity contribution >= 4 is 23.2 Å². The normalized spacial score (nSPS) is 19.7. The zero-order valence-corrected chi connectivity index (χ0v) is 18.9. The van der Waals surface area contributed by atoms with Crippen molar-refractivity contribution in [3.05, 3.63) is 59.7 Å². The van der Waals surface area contributed by atoms with E-state index in [1.54, 1.807) is 17.2 Å². The largest absolute Gasteiger partial charge is 0.467 e. The summed E-state index contributed by atoms with van der Waals surface area (Å²) in [5.41, 5.74) is 2.79. The monoisotopic (exact) mass is 437 g/mol. The fourth-order valence-electron chi connectivity index (χ4n) is 4.53. The van der Waals surface area contributed by atoms with Crippen LogP contribution in [0.25, 0.3) is 0 Å². The number of ketones is 1. The van der Waals surface area contributed by atoms with Crippen molar-refractivity contribution in [1.82, 2.24) is 5.32 Å². The number of anilines is 2. The Hall–Kier alpha value is -3.06. The van der Waals surface area contributed by atoms with Crippen molar-refractivity contribution in [1.29, 1.82) is 0 Å². The lowest BCUT2D eigenvalue weighted by Crippen LogP contribution is -2.45. The molecule has 0 fully saturated rings. The van der Waals surface area contributed by atoms with E-state index in [9.17, 15) is 9.59 Å². The first kappa shape index (κ1) is 22.1. The maximum Gasteiger partial charge on any atom is 0.322 e. The number of para-hydroxylation sites is 2. The molecule has 0 radical (unpaired) electrons. The van der Waals surface area contributed by atoms with Crippen LogP contribution in [0, 0.1) is 5.41 Å². The van der Waals surface area contributed by atoms with Crippen LogP contribution < -0.4 is 15.5 Å². The van der Waals surface area contributed by atoms with Crippen molar-refractivity contribution in [2.45, 2.75) is 46.1 Å². The highest BCUT2D eigenvalue weighted by Gasteiger charge is 2.44. The molecule has 0 saturated heterocycles. The predicted molar refractivity (Wildman–Crippen MR) is 124 cm³/mol. The number of nitrogens with zero attached hydrogens (tertiary/aromatic N) is 1. The van der Waals surface area contributed by atoms with Gasteiger partial charge in [-0.25, -0.2) is 4.79 Å². The topological polar surface area (TPSA) is 83.8 Å². The van der Waals surface area contributed by atoms with E-state index in [-0.39, 0.29) is 17.2 Å². The summed E-state index contributed by atoms with van der Waals surface area (Å²) in [7, 11) is 0. The smallest absolute Gasteiger partial charge is 0.322 e. The molecule has 32 heavy (non-hydrogen) atoms. The highest BCUT2D eigenvalue weighted by Crippen LogP contribution is 2.48. The van der Waals surface area contributed by atoms with Gasteiger partial charge in [0.05, 0.1) is 17.6 Å². The summed E-state index contributed by atoms with van der Waals surface area (Å²) in [6.07, 6.45) is 3.42. The van der Waals surface area contributed by atoms with Gasteiger partial charge in [-0.3, -0.25) is 9.69 Å². The molecular weight excluding hydrogens is 406 g/mol. The quantitative estimate of drug-likeness (QED) is 0.619. The Bertz CT molecular complexity index is 1010. The fourth-order valence-corrected chi connectivity index (χ4v) is 4.53. The first-order chi connectivity index (χ1) is 15.4. The van der Waals surface area contributed by atoms with E-state index >= 15 is 0 Å². The summed E-state index contributed by atoms with van der Waals surface area (Å²) in [4.78, 5) is 28.6. The number of carbonyl (C=O) groups is 2. The first-order valence-corrected chi connectivity index (χ1v) is 11.2. The van der Waals surface area contributed by atoms with Gasteiger partial charge < -0.3 is 19.8 Å². The van der Waals surface area contributed by atoms with Gasteiger partial charge in [0.25, 0.3) is 0 Å². The van der Waals surface area contributed by atoms with Gasteiger partial charge in [-0.05, 0) is 49.4 Å². The molecule has 7 heteroatoms. The van der Waals surface area contributed by atoms with Crippen LogP contribution in [0.4, 0.5) is 16.2 Å². The van der Waals surface area contributed by atoms with Crippen molar-refractivity contribution in [2.24, 2.45) is 5.41 Å². The lowest BCUT2D eigenvalue weighted by Gasteiger charge is -2.36. The van der Waals surface area contributed by atoms with E-state index in [0.29, 0.717) is 56.0 Å². The Labute approximate surface area is 188 Å². The molecule has 2 aromatic rings. The Morgan fingerprint density at radius 3 is 2.81 bits per heavy atom. The number of furan rings is 1. The van der Waals surface area contributed by atoms with Gasteiger partial charge in [-0.15, -0.1) is 0 Å². The summed E-state index contributed by atoms with van der Waals surface area (Å²) in [6, 6.07) is 10.3. The maximum absolute atomic E-state index is 13.5. The van der Waals surface area contributed by atoms with Crippen LogP contribution in [0.5, 0.6) is 0 Å². The fraction of sp³-hybridized carbons (Fsp3) is 0.440. The number of allylic oxidation sites excluding steroid dienone is 1. The highest BCUT2D eigenvalue weighted by atomic mass is 16.5. The number of rotatable bonds is 6. The van der Waals surface area contributed by atoms with Crippen LogP contribution in [-0.2, 0) is 9.53 Å². The van der Waals surface area contributed by atoms with Gasteiger partial charge in [0.1, 0.15) is 11.8 Å². The number of fused-ring (bicyclic) bond motifs is 1. The summed E-state index contributed by atoms with van der Waals surface area (Å²) in [5, 5.41) is 6.49. The van der Waals surface area contributed by atoms with Gasteiger partial charge in [0.15, 0.2) is 5.78 Å². The number of Topliss-reactive ketones (excluding diaryl/α,β-unsaturated/α-hetero) is 1. The molecule has 4 rings (SSSR count). The summed E-state index contributed by atoms with van der Waals surface area (Å²) >= 11 is 0. The van der Waals surface area contributed by atoms with E-state index in [0.717, 1.165) is 11.4 Å². The van der Waals surface area contributed by atoms with Gasteiger partial charge in [-0.1, -0.05) is 26.0 Å². The molecule has 7 nitrogen and oxygen atoms in total. The summed E-state index contributed by atoms with van der Waals surface area (Å²) in [6.45, 7) is 7.84. The molecule has 1 unspecified atom stereocenters. The third-order valence-corrected chi connectivity index (χ3v) is 5.88. The van der Waals surface area contributed by atoms with E-state index in [2.05, 4.69) is 24.5 Å². The number of amides is 2. The number of ether oxygens (including phenoxy) is 1. The molecular formula is C25H31N3O4. The average Bonchev–Trinajstić information content (AvgIpc) is 3.22. The van der Waals surface area contributed by atoms with Gasteiger partial charge in [-0.2, -0.15) is 0 Å². The van der Waals surface area contributed by atoms with Crippen LogP contribution in [0.2, 0.25) is 0 Å². The number of urea groups is 1. The standard InChI is InChI=1S/C25H31N3O4/c1-4-31-13-8-12-26-24(30)28-19-10-6-5-9-17(19)27-18-15-25(2,3)16-20(29)22(18)23(28)21-11-7-14-32-21/h5-7,9-11,14,23,27H,4,8,12-13,15-16H2,1-3H3,(H,26,30). The molecule has 1 aromatic heterocycles. The zero-order valence-electron chi connectivity index (χ0n) is 18.9. The van der Waals surface area contributed by atoms with E-state index < -0.39 is 6.04 Å². The van der Waals surface area contributed by atoms with Gasteiger partial charge in [0.2, 0.25) is 0 Å². The number of hydrogen-bond acceptors (Lipinski definition) is 5. The average molecular weight is 438 g/mol. The van der Waals surface area contributed by atoms with Gasteiger partial charge in [0, 0.05) is 37.4 Å². The van der Waals surface area contributed by atoms with Crippen molar-refractivity contribution in [3.63, 3.8) is 0 Å². The van der Waals surface area contributed by atoms with Crippen LogP contribution in [0.15, 0.2) is 58.3 Å². The Kier molecular flexibility index (Phi) is 6.37. The van der Waals surface area contributed by atoms with Crippen molar-refractivity contribution in [3.8, 4) is 0 Å². The molecule has 2 heterocycles. The van der Waals surface area contributed by atoms with E-state index in [4.69, 9.17) is 9.15 Å². The molecule has 1 atom stereocenters. The molecule has 0 bridgehead atoms. The van der Waals surface area contributed by atoms with Crippen molar-refractivity contribution < 1.29 is 18.7 Å². The second-order valence-corrected chi connectivity index (χ2v) is 9.05. The van der Waals surface area contributed by atoms with Crippen molar-refractivity contribution in [2.75, 3.05) is 30.0 Å². The molecule has 1 aromatic carbocycles. The minimum absolute atomic E-state index is 0.0344. The lowest BCUT2D eigenvalue weighted by atomic mass is 9.74. The second-order valence-electron chi connectivity index (χ2n) is 9.05. The number of benzene rings is 1. The van der Waals surface area contributed by atoms with Crippen LogP contribution in [-0.4, -0.2) is 31.6 Å². The molecule has 0 saturated carbocycles. The summed E-state index contributed by atoms with van der Waals surface area (Å²) in [5.74, 6) is 0.598. The minimum Gasteiger partial charge on any atom is -0.467 e. The van der Waals surface area contributed by atoms with E-state index in [1.807, 2.05) is 37.3 Å². The molecule has 1 aliphatic heterocycles. The third-order valence-electron chi connectivity index (χ3n) is 5.88. The molecule has 1 aliphatic carbocycles. The van der Waals surface area contributed by atoms with Crippen LogP contribution in [0.1, 0.15) is 51.8 Å². The first-order valence-electron chi connectivity index (χ1n) is 11.2. The number of hydrogen-bond donors (Lipinski definition) is 2. The molecule has 2 amide bonds.